The summed E-state index contributed by atoms with van der Waals surface area (Å²) in [5.41, 5.74) is 0.753. The zero-order chi connectivity index (χ0) is 15.4. The molecule has 0 aromatic heterocycles. The van der Waals surface area contributed by atoms with Crippen LogP contribution in [0.1, 0.15) is 24.1 Å². The molecule has 0 fully saturated rings. The van der Waals surface area contributed by atoms with Crippen LogP contribution < -0.4 is 5.32 Å². The minimum Gasteiger partial charge on any atom is -0.310 e. The summed E-state index contributed by atoms with van der Waals surface area (Å²) in [6.45, 7) is 2.44. The van der Waals surface area contributed by atoms with Crippen LogP contribution in [0, 0.1) is 17.5 Å². The molecule has 2 rings (SSSR count). The smallest absolute Gasteiger partial charge is 0.127 e. The van der Waals surface area contributed by atoms with E-state index in [0.717, 1.165) is 6.07 Å². The third-order valence-electron chi connectivity index (χ3n) is 3.21. The molecule has 0 bridgehead atoms. The van der Waals surface area contributed by atoms with Crippen molar-refractivity contribution in [3.05, 3.63) is 70.0 Å². The Hall–Kier alpha value is -1.52. The molecule has 1 unspecified atom stereocenters. The van der Waals surface area contributed by atoms with Crippen molar-refractivity contribution in [2.24, 2.45) is 0 Å². The maximum Gasteiger partial charge on any atom is 0.127 e. The van der Waals surface area contributed by atoms with Crippen molar-refractivity contribution in [2.45, 2.75) is 19.4 Å². The van der Waals surface area contributed by atoms with E-state index in [2.05, 4.69) is 5.32 Å². The van der Waals surface area contributed by atoms with E-state index in [1.54, 1.807) is 6.07 Å². The Morgan fingerprint density at radius 2 is 1.76 bits per heavy atom. The van der Waals surface area contributed by atoms with Crippen molar-refractivity contribution in [1.82, 2.24) is 5.32 Å². The third kappa shape index (κ3) is 3.99. The molecule has 0 aliphatic rings. The third-order valence-corrected chi connectivity index (χ3v) is 3.56. The largest absolute Gasteiger partial charge is 0.310 e. The van der Waals surface area contributed by atoms with Crippen LogP contribution in [0.25, 0.3) is 0 Å². The van der Waals surface area contributed by atoms with Crippen LogP contribution in [0.3, 0.4) is 0 Å². The predicted octanol–water partition coefficient (Wildman–Crippen LogP) is 4.65. The highest BCUT2D eigenvalue weighted by molar-refractivity contribution is 6.31. The van der Waals surface area contributed by atoms with Crippen molar-refractivity contribution in [3.8, 4) is 0 Å². The van der Waals surface area contributed by atoms with Gasteiger partial charge in [0.25, 0.3) is 0 Å². The molecular weight excluding hydrogens is 299 g/mol. The van der Waals surface area contributed by atoms with Crippen LogP contribution in [-0.4, -0.2) is 6.54 Å². The van der Waals surface area contributed by atoms with E-state index in [0.29, 0.717) is 22.7 Å². The topological polar surface area (TPSA) is 12.0 Å². The van der Waals surface area contributed by atoms with Crippen LogP contribution in [0.15, 0.2) is 36.4 Å². The van der Waals surface area contributed by atoms with Gasteiger partial charge in [-0.1, -0.05) is 24.6 Å². The van der Waals surface area contributed by atoms with E-state index in [9.17, 15) is 13.2 Å². The lowest BCUT2D eigenvalue weighted by atomic mass is 9.98. The Balaban J connectivity index is 2.35. The molecule has 112 valence electrons. The second-order valence-corrected chi connectivity index (χ2v) is 5.12. The summed E-state index contributed by atoms with van der Waals surface area (Å²) in [7, 11) is 0. The highest BCUT2D eigenvalue weighted by atomic mass is 35.5. The first kappa shape index (κ1) is 15.9. The molecule has 0 radical (unpaired) electrons. The standard InChI is InChI=1S/C16H15ClF3N/c1-2-21-16(10-6-11(18)8-12(19)7-10)9-13-14(17)4-3-5-15(13)20/h3-8,16,21H,2,9H2,1H3. The van der Waals surface area contributed by atoms with E-state index in [4.69, 9.17) is 11.6 Å². The Morgan fingerprint density at radius 1 is 1.10 bits per heavy atom. The lowest BCUT2D eigenvalue weighted by molar-refractivity contribution is 0.515. The number of hydrogen-bond acceptors (Lipinski definition) is 1. The summed E-state index contributed by atoms with van der Waals surface area (Å²) in [5, 5.41) is 3.40. The van der Waals surface area contributed by atoms with Crippen LogP contribution in [0.5, 0.6) is 0 Å². The predicted molar refractivity (Wildman–Crippen MR) is 77.9 cm³/mol. The first-order chi connectivity index (χ1) is 10.0. The molecule has 0 saturated heterocycles. The maximum atomic E-state index is 13.9. The molecular formula is C16H15ClF3N. The molecule has 5 heteroatoms. The molecule has 21 heavy (non-hydrogen) atoms. The summed E-state index contributed by atoms with van der Waals surface area (Å²) in [6, 6.07) is 7.30. The SMILES string of the molecule is CCNC(Cc1c(F)cccc1Cl)c1cc(F)cc(F)c1. The van der Waals surface area contributed by atoms with Crippen LogP contribution >= 0.6 is 11.6 Å². The summed E-state index contributed by atoms with van der Waals surface area (Å²) in [4.78, 5) is 0. The van der Waals surface area contributed by atoms with Crippen molar-refractivity contribution >= 4 is 11.6 Å². The summed E-state index contributed by atoms with van der Waals surface area (Å²) < 4.78 is 40.6. The fourth-order valence-corrected chi connectivity index (χ4v) is 2.50. The molecule has 0 amide bonds. The number of nitrogens with one attached hydrogen (secondary N) is 1. The minimum atomic E-state index is -0.660. The van der Waals surface area contributed by atoms with Crippen LogP contribution in [0.2, 0.25) is 5.02 Å². The second kappa shape index (κ2) is 6.96. The molecule has 2 aromatic rings. The van der Waals surface area contributed by atoms with E-state index < -0.39 is 23.5 Å². The summed E-state index contributed by atoms with van der Waals surface area (Å²) >= 11 is 6.01. The molecule has 0 saturated carbocycles. The number of rotatable bonds is 5. The van der Waals surface area contributed by atoms with Gasteiger partial charge in [0, 0.05) is 22.7 Å². The van der Waals surface area contributed by atoms with Gasteiger partial charge >= 0.3 is 0 Å². The number of halogens is 4. The van der Waals surface area contributed by atoms with E-state index >= 15 is 0 Å². The van der Waals surface area contributed by atoms with Gasteiger partial charge in [-0.15, -0.1) is 0 Å². The molecule has 0 heterocycles. The van der Waals surface area contributed by atoms with Gasteiger partial charge in [0.1, 0.15) is 17.5 Å². The second-order valence-electron chi connectivity index (χ2n) is 4.72. The highest BCUT2D eigenvalue weighted by Gasteiger charge is 2.17. The summed E-state index contributed by atoms with van der Waals surface area (Å²) in [6.07, 6.45) is 0.211. The number of likely N-dealkylation sites (N-methyl/N-ethyl adjacent to an activating group) is 1. The normalized spacial score (nSPS) is 12.4. The highest BCUT2D eigenvalue weighted by Crippen LogP contribution is 2.26. The van der Waals surface area contributed by atoms with Crippen molar-refractivity contribution in [3.63, 3.8) is 0 Å². The Kier molecular flexibility index (Phi) is 5.26. The first-order valence-corrected chi connectivity index (χ1v) is 7.01. The number of benzene rings is 2. The summed E-state index contributed by atoms with van der Waals surface area (Å²) in [5.74, 6) is -1.75. The lowest BCUT2D eigenvalue weighted by Gasteiger charge is -2.19. The average Bonchev–Trinajstić information content (AvgIpc) is 2.40. The van der Waals surface area contributed by atoms with Gasteiger partial charge in [0.15, 0.2) is 0 Å². The first-order valence-electron chi connectivity index (χ1n) is 6.63. The fraction of sp³-hybridized carbons (Fsp3) is 0.250. The van der Waals surface area contributed by atoms with Gasteiger partial charge in [-0.2, -0.15) is 0 Å². The Morgan fingerprint density at radius 3 is 2.33 bits per heavy atom. The quantitative estimate of drug-likeness (QED) is 0.847. The molecule has 0 aliphatic heterocycles. The van der Waals surface area contributed by atoms with E-state index in [-0.39, 0.29) is 6.42 Å². The van der Waals surface area contributed by atoms with Gasteiger partial charge in [0.2, 0.25) is 0 Å². The molecule has 0 spiro atoms. The van der Waals surface area contributed by atoms with Gasteiger partial charge in [-0.3, -0.25) is 0 Å². The van der Waals surface area contributed by atoms with Gasteiger partial charge in [0.05, 0.1) is 0 Å². The van der Waals surface area contributed by atoms with E-state index in [1.165, 1.54) is 24.3 Å². The zero-order valence-corrected chi connectivity index (χ0v) is 12.2. The van der Waals surface area contributed by atoms with E-state index in [1.807, 2.05) is 6.92 Å². The molecule has 1 atom stereocenters. The van der Waals surface area contributed by atoms with Gasteiger partial charge in [-0.25, -0.2) is 13.2 Å². The maximum absolute atomic E-state index is 13.9. The molecule has 2 aromatic carbocycles. The Bertz CT molecular complexity index is 590. The Labute approximate surface area is 126 Å². The minimum absolute atomic E-state index is 0.211. The molecule has 1 N–H and O–H groups in total. The molecule has 0 aliphatic carbocycles. The fourth-order valence-electron chi connectivity index (χ4n) is 2.26. The molecule has 1 nitrogen and oxygen atoms in total. The van der Waals surface area contributed by atoms with Crippen molar-refractivity contribution in [1.29, 1.82) is 0 Å². The lowest BCUT2D eigenvalue weighted by Crippen LogP contribution is -2.23. The zero-order valence-electron chi connectivity index (χ0n) is 11.5. The number of hydrogen-bond donors (Lipinski definition) is 1. The van der Waals surface area contributed by atoms with Gasteiger partial charge in [-0.05, 0) is 42.8 Å². The van der Waals surface area contributed by atoms with Crippen molar-refractivity contribution < 1.29 is 13.2 Å². The van der Waals surface area contributed by atoms with Crippen LogP contribution in [0.4, 0.5) is 13.2 Å². The monoisotopic (exact) mass is 313 g/mol. The van der Waals surface area contributed by atoms with Crippen molar-refractivity contribution in [2.75, 3.05) is 6.54 Å². The average molecular weight is 314 g/mol. The van der Waals surface area contributed by atoms with Gasteiger partial charge < -0.3 is 5.32 Å². The van der Waals surface area contributed by atoms with Crippen LogP contribution in [-0.2, 0) is 6.42 Å².